The second-order valence-electron chi connectivity index (χ2n) is 4.70. The molecule has 0 aliphatic carbocycles. The van der Waals surface area contributed by atoms with Crippen LogP contribution in [0.15, 0.2) is 59.1 Å². The fourth-order valence-corrected chi connectivity index (χ4v) is 2.78. The molecule has 6 heteroatoms. The molecule has 0 aliphatic heterocycles. The van der Waals surface area contributed by atoms with Crippen molar-refractivity contribution < 1.29 is 13.2 Å². The van der Waals surface area contributed by atoms with E-state index in [1.54, 1.807) is 30.3 Å². The number of anilines is 1. The van der Waals surface area contributed by atoms with Crippen molar-refractivity contribution in [2.75, 3.05) is 11.0 Å². The van der Waals surface area contributed by atoms with Crippen molar-refractivity contribution in [3.8, 4) is 0 Å². The zero-order valence-corrected chi connectivity index (χ0v) is 14.2. The molecule has 114 valence electrons. The van der Waals surface area contributed by atoms with Gasteiger partial charge in [-0.25, -0.2) is 8.42 Å². The van der Waals surface area contributed by atoms with Gasteiger partial charge in [0.05, 0.1) is 6.26 Å². The molecule has 0 fully saturated rings. The minimum Gasteiger partial charge on any atom is -0.289 e. The lowest BCUT2D eigenvalue weighted by Gasteiger charge is -2.04. The Kier molecular flexibility index (Phi) is 5.15. The van der Waals surface area contributed by atoms with E-state index in [1.807, 2.05) is 24.3 Å². The predicted octanol–water partition coefficient (Wildman–Crippen LogP) is 3.72. The SMILES string of the molecule is CS(=O)(=O)Nc1ccc(C(=O)C=Cc2cccc(Br)c2)cc1. The number of ketones is 1. The minimum absolute atomic E-state index is 0.147. The van der Waals surface area contributed by atoms with Gasteiger partial charge >= 0.3 is 0 Å². The Labute approximate surface area is 138 Å². The van der Waals surface area contributed by atoms with Crippen LogP contribution in [0.2, 0.25) is 0 Å². The lowest BCUT2D eigenvalue weighted by Crippen LogP contribution is -2.09. The fourth-order valence-electron chi connectivity index (χ4n) is 1.80. The Bertz CT molecular complexity index is 812. The summed E-state index contributed by atoms with van der Waals surface area (Å²) in [6.07, 6.45) is 4.29. The third-order valence-corrected chi connectivity index (χ3v) is 3.85. The number of hydrogen-bond donors (Lipinski definition) is 1. The van der Waals surface area contributed by atoms with Crippen molar-refractivity contribution in [3.05, 3.63) is 70.2 Å². The molecule has 0 unspecified atom stereocenters. The van der Waals surface area contributed by atoms with Crippen LogP contribution in [0.25, 0.3) is 6.08 Å². The van der Waals surface area contributed by atoms with Crippen LogP contribution in [0.5, 0.6) is 0 Å². The molecule has 2 rings (SSSR count). The van der Waals surface area contributed by atoms with E-state index in [9.17, 15) is 13.2 Å². The first kappa shape index (κ1) is 16.5. The van der Waals surface area contributed by atoms with E-state index in [4.69, 9.17) is 0 Å². The van der Waals surface area contributed by atoms with Gasteiger partial charge in [0.15, 0.2) is 5.78 Å². The van der Waals surface area contributed by atoms with E-state index >= 15 is 0 Å². The molecule has 1 N–H and O–H groups in total. The highest BCUT2D eigenvalue weighted by atomic mass is 79.9. The van der Waals surface area contributed by atoms with Gasteiger partial charge in [0.2, 0.25) is 10.0 Å². The predicted molar refractivity (Wildman–Crippen MR) is 92.4 cm³/mol. The molecule has 0 spiro atoms. The topological polar surface area (TPSA) is 63.2 Å². The Morgan fingerprint density at radius 1 is 1.14 bits per heavy atom. The summed E-state index contributed by atoms with van der Waals surface area (Å²) >= 11 is 3.37. The molecule has 2 aromatic carbocycles. The standard InChI is InChI=1S/C16H14BrNO3S/c1-22(20,21)18-15-8-6-13(7-9-15)16(19)10-5-12-3-2-4-14(17)11-12/h2-11,18H,1H3. The summed E-state index contributed by atoms with van der Waals surface area (Å²) in [6, 6.07) is 13.9. The molecule has 22 heavy (non-hydrogen) atoms. The fraction of sp³-hybridized carbons (Fsp3) is 0.0625. The first-order valence-electron chi connectivity index (χ1n) is 6.39. The number of benzene rings is 2. The van der Waals surface area contributed by atoms with E-state index in [2.05, 4.69) is 20.7 Å². The summed E-state index contributed by atoms with van der Waals surface area (Å²) in [5.41, 5.74) is 1.83. The molecular formula is C16H14BrNO3S. The highest BCUT2D eigenvalue weighted by molar-refractivity contribution is 9.10. The largest absolute Gasteiger partial charge is 0.289 e. The molecule has 0 heterocycles. The van der Waals surface area contributed by atoms with Crippen molar-refractivity contribution in [2.24, 2.45) is 0 Å². The van der Waals surface area contributed by atoms with E-state index in [-0.39, 0.29) is 5.78 Å². The van der Waals surface area contributed by atoms with Crippen LogP contribution in [0.4, 0.5) is 5.69 Å². The summed E-state index contributed by atoms with van der Waals surface area (Å²) in [7, 11) is -3.31. The normalized spacial score (nSPS) is 11.5. The Morgan fingerprint density at radius 2 is 1.82 bits per heavy atom. The zero-order chi connectivity index (χ0) is 16.2. The van der Waals surface area contributed by atoms with Gasteiger partial charge in [-0.05, 0) is 48.0 Å². The molecule has 0 amide bonds. The maximum atomic E-state index is 12.1. The van der Waals surface area contributed by atoms with Crippen molar-refractivity contribution in [1.82, 2.24) is 0 Å². The first-order chi connectivity index (χ1) is 10.3. The molecule has 0 radical (unpaired) electrons. The molecule has 0 saturated carbocycles. The van der Waals surface area contributed by atoms with Gasteiger partial charge < -0.3 is 0 Å². The van der Waals surface area contributed by atoms with Gasteiger partial charge in [0, 0.05) is 15.7 Å². The third kappa shape index (κ3) is 5.13. The number of hydrogen-bond acceptors (Lipinski definition) is 3. The third-order valence-electron chi connectivity index (χ3n) is 2.75. The summed E-state index contributed by atoms with van der Waals surface area (Å²) in [5, 5.41) is 0. The van der Waals surface area contributed by atoms with Crippen molar-refractivity contribution in [1.29, 1.82) is 0 Å². The van der Waals surface area contributed by atoms with E-state index in [1.165, 1.54) is 6.08 Å². The lowest BCUT2D eigenvalue weighted by atomic mass is 10.1. The maximum absolute atomic E-state index is 12.1. The van der Waals surface area contributed by atoms with Crippen LogP contribution in [0.3, 0.4) is 0 Å². The Balaban J connectivity index is 2.10. The quantitative estimate of drug-likeness (QED) is 0.635. The van der Waals surface area contributed by atoms with Crippen molar-refractivity contribution in [2.45, 2.75) is 0 Å². The number of rotatable bonds is 5. The number of carbonyl (C=O) groups is 1. The van der Waals surface area contributed by atoms with E-state index < -0.39 is 10.0 Å². The lowest BCUT2D eigenvalue weighted by molar-refractivity contribution is 0.104. The summed E-state index contributed by atoms with van der Waals surface area (Å²) < 4.78 is 25.5. The van der Waals surface area contributed by atoms with Gasteiger partial charge in [-0.15, -0.1) is 0 Å². The van der Waals surface area contributed by atoms with Gasteiger partial charge in [-0.3, -0.25) is 9.52 Å². The van der Waals surface area contributed by atoms with E-state index in [0.717, 1.165) is 16.3 Å². The monoisotopic (exact) mass is 379 g/mol. The van der Waals surface area contributed by atoms with Crippen LogP contribution >= 0.6 is 15.9 Å². The van der Waals surface area contributed by atoms with Crippen LogP contribution in [-0.2, 0) is 10.0 Å². The summed E-state index contributed by atoms with van der Waals surface area (Å²) in [6.45, 7) is 0. The van der Waals surface area contributed by atoms with Crippen LogP contribution in [0, 0.1) is 0 Å². The molecule has 0 atom stereocenters. The van der Waals surface area contributed by atoms with E-state index in [0.29, 0.717) is 11.3 Å². The summed E-state index contributed by atoms with van der Waals surface area (Å²) in [5.74, 6) is -0.147. The van der Waals surface area contributed by atoms with Crippen LogP contribution in [-0.4, -0.2) is 20.5 Å². The summed E-state index contributed by atoms with van der Waals surface area (Å²) in [4.78, 5) is 12.1. The highest BCUT2D eigenvalue weighted by Crippen LogP contribution is 2.14. The second kappa shape index (κ2) is 6.89. The molecule has 2 aromatic rings. The number of allylic oxidation sites excluding steroid dienone is 1. The average Bonchev–Trinajstić information content (AvgIpc) is 2.44. The number of halogens is 1. The van der Waals surface area contributed by atoms with Crippen LogP contribution in [0.1, 0.15) is 15.9 Å². The molecule has 0 aliphatic rings. The molecule has 4 nitrogen and oxygen atoms in total. The second-order valence-corrected chi connectivity index (χ2v) is 7.37. The zero-order valence-electron chi connectivity index (χ0n) is 11.8. The molecular weight excluding hydrogens is 366 g/mol. The Morgan fingerprint density at radius 3 is 2.41 bits per heavy atom. The molecule has 0 saturated heterocycles. The Hall–Kier alpha value is -1.92. The first-order valence-corrected chi connectivity index (χ1v) is 9.08. The van der Waals surface area contributed by atoms with Gasteiger partial charge in [0.1, 0.15) is 0 Å². The van der Waals surface area contributed by atoms with Crippen LogP contribution < -0.4 is 4.72 Å². The maximum Gasteiger partial charge on any atom is 0.229 e. The van der Waals surface area contributed by atoms with Gasteiger partial charge in [-0.1, -0.05) is 34.1 Å². The van der Waals surface area contributed by atoms with Crippen molar-refractivity contribution >= 4 is 43.5 Å². The van der Waals surface area contributed by atoms with Crippen molar-refractivity contribution in [3.63, 3.8) is 0 Å². The smallest absolute Gasteiger partial charge is 0.229 e. The van der Waals surface area contributed by atoms with Gasteiger partial charge in [-0.2, -0.15) is 0 Å². The number of nitrogens with one attached hydrogen (secondary N) is 1. The average molecular weight is 380 g/mol. The number of sulfonamides is 1. The highest BCUT2D eigenvalue weighted by Gasteiger charge is 2.04. The van der Waals surface area contributed by atoms with Gasteiger partial charge in [0.25, 0.3) is 0 Å². The molecule has 0 bridgehead atoms. The molecule has 0 aromatic heterocycles. The number of carbonyl (C=O) groups excluding carboxylic acids is 1. The minimum atomic E-state index is -3.31.